The summed E-state index contributed by atoms with van der Waals surface area (Å²) < 4.78 is 41.3. The molecule has 1 amide bonds. The number of nitrogens with one attached hydrogen (secondary N) is 1. The Morgan fingerprint density at radius 3 is 2.11 bits per heavy atom. The second kappa shape index (κ2) is 13.7. The largest absolute Gasteiger partial charge is 0.496 e. The molecule has 8 nitrogen and oxygen atoms in total. The van der Waals surface area contributed by atoms with E-state index in [9.17, 15) is 9.18 Å². The molecular weight excluding hydrogens is 479 g/mol. The lowest BCUT2D eigenvalue weighted by atomic mass is 10.1. The highest BCUT2D eigenvalue weighted by Crippen LogP contribution is 2.39. The molecule has 3 aromatic rings. The smallest absolute Gasteiger partial charge is 0.271 e. The standard InChI is InChI=1S/C28H31FN2O6/c1-5-34-25-15-20(16-26(35-6-2)27(25)36-7-3)28(32)31-30-17-19-8-13-24(33-4)21(14-19)18-37-23-11-9-22(29)10-12-23/h8-17H,5-7,18H2,1-4H3,(H,31,32)/b30-17+. The van der Waals surface area contributed by atoms with Crippen LogP contribution in [0.5, 0.6) is 28.7 Å². The molecule has 0 aromatic heterocycles. The highest BCUT2D eigenvalue weighted by atomic mass is 19.1. The third kappa shape index (κ3) is 7.60. The zero-order chi connectivity index (χ0) is 26.6. The molecule has 0 saturated heterocycles. The molecule has 0 aliphatic carbocycles. The molecule has 0 saturated carbocycles. The molecule has 0 heterocycles. The van der Waals surface area contributed by atoms with Crippen LogP contribution in [0.4, 0.5) is 4.39 Å². The van der Waals surface area contributed by atoms with E-state index in [2.05, 4.69) is 10.5 Å². The predicted octanol–water partition coefficient (Wildman–Crippen LogP) is 5.37. The minimum Gasteiger partial charge on any atom is -0.496 e. The van der Waals surface area contributed by atoms with Crippen molar-refractivity contribution in [2.24, 2.45) is 5.10 Å². The number of hydrogen-bond donors (Lipinski definition) is 1. The van der Waals surface area contributed by atoms with Gasteiger partial charge in [-0.3, -0.25) is 4.79 Å². The van der Waals surface area contributed by atoms with Gasteiger partial charge in [0.25, 0.3) is 5.91 Å². The van der Waals surface area contributed by atoms with E-state index < -0.39 is 5.91 Å². The average Bonchev–Trinajstić information content (AvgIpc) is 2.90. The number of hydrogen-bond acceptors (Lipinski definition) is 7. The number of carbonyl (C=O) groups is 1. The minimum atomic E-state index is -0.436. The van der Waals surface area contributed by atoms with Crippen LogP contribution < -0.4 is 29.1 Å². The lowest BCUT2D eigenvalue weighted by Crippen LogP contribution is -2.18. The van der Waals surface area contributed by atoms with E-state index >= 15 is 0 Å². The van der Waals surface area contributed by atoms with Crippen LogP contribution in [0.25, 0.3) is 0 Å². The maximum Gasteiger partial charge on any atom is 0.271 e. The van der Waals surface area contributed by atoms with E-state index in [1.54, 1.807) is 43.5 Å². The Labute approximate surface area is 216 Å². The highest BCUT2D eigenvalue weighted by Gasteiger charge is 2.18. The van der Waals surface area contributed by atoms with Crippen LogP contribution in [-0.4, -0.2) is 39.1 Å². The first-order valence-electron chi connectivity index (χ1n) is 11.9. The molecular formula is C28H31FN2O6. The molecule has 0 atom stereocenters. The number of ether oxygens (including phenoxy) is 5. The van der Waals surface area contributed by atoms with Gasteiger partial charge in [-0.1, -0.05) is 0 Å². The van der Waals surface area contributed by atoms with E-state index in [4.69, 9.17) is 23.7 Å². The van der Waals surface area contributed by atoms with Crippen molar-refractivity contribution in [1.29, 1.82) is 0 Å². The molecule has 9 heteroatoms. The molecule has 3 rings (SSSR count). The normalized spacial score (nSPS) is 10.7. The van der Waals surface area contributed by atoms with Gasteiger partial charge in [0.05, 0.1) is 33.1 Å². The Morgan fingerprint density at radius 2 is 1.51 bits per heavy atom. The molecule has 0 fully saturated rings. The van der Waals surface area contributed by atoms with Gasteiger partial charge in [0.1, 0.15) is 23.9 Å². The summed E-state index contributed by atoms with van der Waals surface area (Å²) in [6, 6.07) is 14.4. The lowest BCUT2D eigenvalue weighted by Gasteiger charge is -2.16. The van der Waals surface area contributed by atoms with E-state index in [1.165, 1.54) is 18.3 Å². The topological polar surface area (TPSA) is 87.6 Å². The van der Waals surface area contributed by atoms with Gasteiger partial charge in [-0.25, -0.2) is 9.82 Å². The number of halogens is 1. The van der Waals surface area contributed by atoms with Gasteiger partial charge in [0, 0.05) is 11.1 Å². The lowest BCUT2D eigenvalue weighted by molar-refractivity contribution is 0.0954. The van der Waals surface area contributed by atoms with Crippen molar-refractivity contribution in [3.63, 3.8) is 0 Å². The minimum absolute atomic E-state index is 0.204. The highest BCUT2D eigenvalue weighted by molar-refractivity contribution is 5.96. The third-order valence-electron chi connectivity index (χ3n) is 5.06. The number of benzene rings is 3. The molecule has 0 aliphatic rings. The Balaban J connectivity index is 1.73. The zero-order valence-corrected chi connectivity index (χ0v) is 21.4. The van der Waals surface area contributed by atoms with E-state index in [0.717, 1.165) is 11.1 Å². The van der Waals surface area contributed by atoms with Gasteiger partial charge in [0.15, 0.2) is 11.5 Å². The van der Waals surface area contributed by atoms with Crippen LogP contribution in [-0.2, 0) is 6.61 Å². The molecule has 37 heavy (non-hydrogen) atoms. The monoisotopic (exact) mass is 510 g/mol. The van der Waals surface area contributed by atoms with Gasteiger partial charge >= 0.3 is 0 Å². The number of nitrogens with zero attached hydrogens (tertiary/aromatic N) is 1. The molecule has 3 aromatic carbocycles. The second-order valence-corrected chi connectivity index (χ2v) is 7.61. The number of hydrazone groups is 1. The summed E-state index contributed by atoms with van der Waals surface area (Å²) in [6.45, 7) is 6.99. The third-order valence-corrected chi connectivity index (χ3v) is 5.06. The van der Waals surface area contributed by atoms with Crippen molar-refractivity contribution in [2.45, 2.75) is 27.4 Å². The van der Waals surface area contributed by atoms with Crippen molar-refractivity contribution < 1.29 is 32.9 Å². The first kappa shape index (κ1) is 27.3. The Hall–Kier alpha value is -4.27. The summed E-state index contributed by atoms with van der Waals surface area (Å²) in [7, 11) is 1.56. The van der Waals surface area contributed by atoms with Gasteiger partial charge in [-0.15, -0.1) is 0 Å². The van der Waals surface area contributed by atoms with Gasteiger partial charge in [0.2, 0.25) is 5.75 Å². The SMILES string of the molecule is CCOc1cc(C(=O)N/N=C/c2ccc(OC)c(COc3ccc(F)cc3)c2)cc(OCC)c1OCC. The van der Waals surface area contributed by atoms with Gasteiger partial charge in [-0.2, -0.15) is 5.10 Å². The first-order valence-corrected chi connectivity index (χ1v) is 11.9. The van der Waals surface area contributed by atoms with Gasteiger partial charge in [-0.05, 0) is 80.9 Å². The summed E-state index contributed by atoms with van der Waals surface area (Å²) in [5.41, 5.74) is 4.32. The van der Waals surface area contributed by atoms with E-state index in [-0.39, 0.29) is 12.4 Å². The van der Waals surface area contributed by atoms with Crippen molar-refractivity contribution in [1.82, 2.24) is 5.43 Å². The summed E-state index contributed by atoms with van der Waals surface area (Å²) in [4.78, 5) is 12.8. The van der Waals surface area contributed by atoms with Crippen LogP contribution in [0, 0.1) is 5.82 Å². The maximum atomic E-state index is 13.1. The number of rotatable bonds is 13. The van der Waals surface area contributed by atoms with Crippen LogP contribution in [0.1, 0.15) is 42.3 Å². The summed E-state index contributed by atoms with van der Waals surface area (Å²) >= 11 is 0. The molecule has 0 unspecified atom stereocenters. The number of amides is 1. The first-order chi connectivity index (χ1) is 18.0. The predicted molar refractivity (Wildman–Crippen MR) is 139 cm³/mol. The second-order valence-electron chi connectivity index (χ2n) is 7.61. The molecule has 0 bridgehead atoms. The van der Waals surface area contributed by atoms with Crippen molar-refractivity contribution in [2.75, 3.05) is 26.9 Å². The molecule has 0 radical (unpaired) electrons. The fourth-order valence-electron chi connectivity index (χ4n) is 3.43. The summed E-state index contributed by atoms with van der Waals surface area (Å²) in [5, 5.41) is 4.09. The Kier molecular flexibility index (Phi) is 10.1. The van der Waals surface area contributed by atoms with Crippen LogP contribution in [0.3, 0.4) is 0 Å². The van der Waals surface area contributed by atoms with E-state index in [0.29, 0.717) is 54.1 Å². The summed E-state index contributed by atoms with van der Waals surface area (Å²) in [6.07, 6.45) is 1.51. The molecule has 196 valence electrons. The van der Waals surface area contributed by atoms with Crippen molar-refractivity contribution in [3.05, 3.63) is 77.1 Å². The van der Waals surface area contributed by atoms with Crippen LogP contribution in [0.15, 0.2) is 59.7 Å². The van der Waals surface area contributed by atoms with Crippen molar-refractivity contribution >= 4 is 12.1 Å². The average molecular weight is 511 g/mol. The molecule has 1 N–H and O–H groups in total. The quantitative estimate of drug-likeness (QED) is 0.246. The van der Waals surface area contributed by atoms with Crippen LogP contribution >= 0.6 is 0 Å². The summed E-state index contributed by atoms with van der Waals surface area (Å²) in [5.74, 6) is 1.69. The Morgan fingerprint density at radius 1 is 0.865 bits per heavy atom. The fourth-order valence-corrected chi connectivity index (χ4v) is 3.43. The molecule has 0 aliphatic heterocycles. The van der Waals surface area contributed by atoms with E-state index in [1.807, 2.05) is 26.8 Å². The number of carbonyl (C=O) groups excluding carboxylic acids is 1. The zero-order valence-electron chi connectivity index (χ0n) is 21.4. The maximum absolute atomic E-state index is 13.1. The van der Waals surface area contributed by atoms with Gasteiger partial charge < -0.3 is 23.7 Å². The van der Waals surface area contributed by atoms with Crippen LogP contribution in [0.2, 0.25) is 0 Å². The fraction of sp³-hybridized carbons (Fsp3) is 0.286. The Bertz CT molecular complexity index is 1190. The van der Waals surface area contributed by atoms with Crippen molar-refractivity contribution in [3.8, 4) is 28.7 Å². The molecule has 0 spiro atoms. The number of methoxy groups -OCH3 is 1.